The number of carbonyl (C=O) groups excluding carboxylic acids is 1. The van der Waals surface area contributed by atoms with E-state index in [1.165, 1.54) is 11.3 Å². The molecule has 0 atom stereocenters. The molecule has 0 saturated heterocycles. The van der Waals surface area contributed by atoms with Crippen LogP contribution in [-0.4, -0.2) is 36.7 Å². The van der Waals surface area contributed by atoms with Crippen molar-refractivity contribution in [2.24, 2.45) is 0 Å². The van der Waals surface area contributed by atoms with Gasteiger partial charge in [-0.2, -0.15) is 0 Å². The summed E-state index contributed by atoms with van der Waals surface area (Å²) >= 11 is 1.52. The summed E-state index contributed by atoms with van der Waals surface area (Å²) < 4.78 is 5.50. The van der Waals surface area contributed by atoms with Gasteiger partial charge in [0.15, 0.2) is 5.13 Å². The lowest BCUT2D eigenvalue weighted by Gasteiger charge is -2.14. The van der Waals surface area contributed by atoms with Gasteiger partial charge in [-0.15, -0.1) is 11.3 Å². The molecular weight excluding hydrogens is 286 g/mol. The Bertz CT molecular complexity index is 421. The molecule has 0 aromatic carbocycles. The number of hydrogen-bond donors (Lipinski definition) is 1. The number of ether oxygens (including phenoxy) is 1. The molecule has 1 rings (SSSR count). The summed E-state index contributed by atoms with van der Waals surface area (Å²) in [7, 11) is 0. The number of hydrogen-bond acceptors (Lipinski definition) is 5. The molecule has 0 fully saturated rings. The first-order valence-corrected chi connectivity index (χ1v) is 8.47. The lowest BCUT2D eigenvalue weighted by Crippen LogP contribution is -2.27. The van der Waals surface area contributed by atoms with Gasteiger partial charge in [0.25, 0.3) is 0 Å². The zero-order chi connectivity index (χ0) is 15.7. The fourth-order valence-corrected chi connectivity index (χ4v) is 2.81. The number of aromatic nitrogens is 1. The number of carbonyl (C=O) groups is 1. The van der Waals surface area contributed by atoms with E-state index in [2.05, 4.69) is 24.1 Å². The molecule has 0 aliphatic rings. The highest BCUT2D eigenvalue weighted by atomic mass is 32.1. The Labute approximate surface area is 131 Å². The predicted molar refractivity (Wildman–Crippen MR) is 87.8 cm³/mol. The Morgan fingerprint density at radius 2 is 2.24 bits per heavy atom. The van der Waals surface area contributed by atoms with Gasteiger partial charge in [-0.3, -0.25) is 9.69 Å². The maximum Gasteiger partial charge on any atom is 0.225 e. The second-order valence-electron chi connectivity index (χ2n) is 5.19. The third-order valence-corrected chi connectivity index (χ3v) is 3.88. The summed E-state index contributed by atoms with van der Waals surface area (Å²) in [6.45, 7) is 10.8. The Kier molecular flexibility index (Phi) is 8.49. The van der Waals surface area contributed by atoms with Crippen molar-refractivity contribution in [1.29, 1.82) is 0 Å². The van der Waals surface area contributed by atoms with Gasteiger partial charge < -0.3 is 10.1 Å². The van der Waals surface area contributed by atoms with E-state index in [1.807, 2.05) is 12.3 Å². The van der Waals surface area contributed by atoms with Crippen molar-refractivity contribution in [3.05, 3.63) is 11.1 Å². The monoisotopic (exact) mass is 313 g/mol. The number of nitrogens with zero attached hydrogens (tertiary/aromatic N) is 2. The predicted octanol–water partition coefficient (Wildman–Crippen LogP) is 2.81. The van der Waals surface area contributed by atoms with E-state index < -0.39 is 0 Å². The molecule has 6 heteroatoms. The Morgan fingerprint density at radius 3 is 2.86 bits per heavy atom. The van der Waals surface area contributed by atoms with Gasteiger partial charge in [0.05, 0.1) is 11.8 Å². The second-order valence-corrected chi connectivity index (χ2v) is 6.02. The Morgan fingerprint density at radius 1 is 1.48 bits per heavy atom. The highest BCUT2D eigenvalue weighted by Gasteiger charge is 2.12. The second kappa shape index (κ2) is 9.87. The summed E-state index contributed by atoms with van der Waals surface area (Å²) in [6, 6.07) is 0. The number of anilines is 1. The van der Waals surface area contributed by atoms with Gasteiger partial charge in [-0.1, -0.05) is 0 Å². The first-order chi connectivity index (χ1) is 10.0. The van der Waals surface area contributed by atoms with E-state index in [-0.39, 0.29) is 5.91 Å². The third kappa shape index (κ3) is 7.02. The van der Waals surface area contributed by atoms with Crippen LogP contribution in [0.15, 0.2) is 5.38 Å². The number of unbranched alkanes of at least 4 members (excludes halogenated alkanes) is 1. The highest BCUT2D eigenvalue weighted by Crippen LogP contribution is 2.20. The lowest BCUT2D eigenvalue weighted by molar-refractivity contribution is -0.116. The van der Waals surface area contributed by atoms with Crippen LogP contribution < -0.4 is 10.2 Å². The van der Waals surface area contributed by atoms with Crippen LogP contribution in [0, 0.1) is 0 Å². The normalized spacial score (nSPS) is 11.1. The number of amides is 1. The molecule has 0 saturated carbocycles. The van der Waals surface area contributed by atoms with Crippen LogP contribution in [0.3, 0.4) is 0 Å². The molecule has 1 aromatic heterocycles. The molecule has 0 aliphatic carbocycles. The van der Waals surface area contributed by atoms with Gasteiger partial charge in [-0.05, 0) is 40.2 Å². The van der Waals surface area contributed by atoms with Crippen molar-refractivity contribution >= 4 is 22.4 Å². The van der Waals surface area contributed by atoms with E-state index in [0.29, 0.717) is 12.6 Å². The molecule has 0 spiro atoms. The molecular formula is C15H27N3O2S. The standard InChI is InChI=1S/C15H27N3O2S/c1-5-18(13(4)19)15-17-14(11-21-15)10-16-8-6-7-9-20-12(2)3/h11-12,16H,5-10H2,1-4H3. The lowest BCUT2D eigenvalue weighted by atomic mass is 10.3. The average molecular weight is 313 g/mol. The fraction of sp³-hybridized carbons (Fsp3) is 0.733. The van der Waals surface area contributed by atoms with E-state index in [9.17, 15) is 4.79 Å². The molecule has 1 heterocycles. The first kappa shape index (κ1) is 18.1. The van der Waals surface area contributed by atoms with Crippen molar-refractivity contribution in [3.8, 4) is 0 Å². The quantitative estimate of drug-likeness (QED) is 0.675. The van der Waals surface area contributed by atoms with Crippen LogP contribution >= 0.6 is 11.3 Å². The summed E-state index contributed by atoms with van der Waals surface area (Å²) in [4.78, 5) is 17.6. The molecule has 1 amide bonds. The number of rotatable bonds is 10. The van der Waals surface area contributed by atoms with E-state index in [0.717, 1.165) is 43.4 Å². The number of thiazole rings is 1. The van der Waals surface area contributed by atoms with E-state index in [1.54, 1.807) is 11.8 Å². The SMILES string of the molecule is CCN(C(C)=O)c1nc(CNCCCCOC(C)C)cs1. The van der Waals surface area contributed by atoms with Gasteiger partial charge in [0, 0.05) is 32.0 Å². The van der Waals surface area contributed by atoms with E-state index in [4.69, 9.17) is 4.74 Å². The van der Waals surface area contributed by atoms with Crippen LogP contribution in [0.4, 0.5) is 5.13 Å². The summed E-state index contributed by atoms with van der Waals surface area (Å²) in [5.41, 5.74) is 0.994. The molecule has 0 radical (unpaired) electrons. The zero-order valence-corrected chi connectivity index (χ0v) is 14.3. The molecule has 1 aromatic rings. The molecule has 21 heavy (non-hydrogen) atoms. The minimum atomic E-state index is 0.0384. The first-order valence-electron chi connectivity index (χ1n) is 7.59. The largest absolute Gasteiger partial charge is 0.379 e. The zero-order valence-electron chi connectivity index (χ0n) is 13.5. The molecule has 5 nitrogen and oxygen atoms in total. The molecule has 0 aliphatic heterocycles. The van der Waals surface area contributed by atoms with E-state index >= 15 is 0 Å². The van der Waals surface area contributed by atoms with Crippen molar-refractivity contribution in [2.45, 2.75) is 53.2 Å². The van der Waals surface area contributed by atoms with Crippen molar-refractivity contribution in [2.75, 3.05) is 24.6 Å². The third-order valence-electron chi connectivity index (χ3n) is 2.97. The maximum absolute atomic E-state index is 11.5. The van der Waals surface area contributed by atoms with Crippen molar-refractivity contribution in [1.82, 2.24) is 10.3 Å². The summed E-state index contributed by atoms with van der Waals surface area (Å²) in [5.74, 6) is 0.0384. The van der Waals surface area contributed by atoms with Gasteiger partial charge in [0.1, 0.15) is 0 Å². The summed E-state index contributed by atoms with van der Waals surface area (Å²) in [6.07, 6.45) is 2.48. The van der Waals surface area contributed by atoms with Crippen molar-refractivity contribution in [3.63, 3.8) is 0 Å². The van der Waals surface area contributed by atoms with Crippen LogP contribution in [0.1, 0.15) is 46.2 Å². The highest BCUT2D eigenvalue weighted by molar-refractivity contribution is 7.14. The maximum atomic E-state index is 11.5. The fourth-order valence-electron chi connectivity index (χ4n) is 1.88. The van der Waals surface area contributed by atoms with Gasteiger partial charge >= 0.3 is 0 Å². The minimum absolute atomic E-state index is 0.0384. The average Bonchev–Trinajstić information content (AvgIpc) is 2.86. The van der Waals surface area contributed by atoms with Crippen LogP contribution in [0.5, 0.6) is 0 Å². The molecule has 120 valence electrons. The van der Waals surface area contributed by atoms with Crippen LogP contribution in [-0.2, 0) is 16.1 Å². The molecule has 0 unspecified atom stereocenters. The smallest absolute Gasteiger partial charge is 0.225 e. The number of nitrogens with one attached hydrogen (secondary N) is 1. The molecule has 0 bridgehead atoms. The van der Waals surface area contributed by atoms with Crippen LogP contribution in [0.2, 0.25) is 0 Å². The van der Waals surface area contributed by atoms with Gasteiger partial charge in [-0.25, -0.2) is 4.98 Å². The Hall–Kier alpha value is -0.980. The Balaban J connectivity index is 2.21. The topological polar surface area (TPSA) is 54.5 Å². The van der Waals surface area contributed by atoms with Gasteiger partial charge in [0.2, 0.25) is 5.91 Å². The van der Waals surface area contributed by atoms with Crippen LogP contribution in [0.25, 0.3) is 0 Å². The minimum Gasteiger partial charge on any atom is -0.379 e. The summed E-state index contributed by atoms with van der Waals surface area (Å²) in [5, 5.41) is 6.17. The van der Waals surface area contributed by atoms with Crippen molar-refractivity contribution < 1.29 is 9.53 Å². The molecule has 1 N–H and O–H groups in total.